The molecule has 6 heteroatoms. The Morgan fingerprint density at radius 2 is 2.39 bits per heavy atom. The Morgan fingerprint density at radius 1 is 1.56 bits per heavy atom. The van der Waals surface area contributed by atoms with Gasteiger partial charge >= 0.3 is 0 Å². The zero-order valence-corrected chi connectivity index (χ0v) is 11.1. The van der Waals surface area contributed by atoms with Gasteiger partial charge in [0.2, 0.25) is 0 Å². The van der Waals surface area contributed by atoms with Crippen LogP contribution in [0.3, 0.4) is 0 Å². The third-order valence-corrected chi connectivity index (χ3v) is 3.32. The molecule has 0 spiro atoms. The van der Waals surface area contributed by atoms with Crippen molar-refractivity contribution < 1.29 is 9.53 Å². The Balaban J connectivity index is 2.06. The molecule has 18 heavy (non-hydrogen) atoms. The molecule has 1 aliphatic heterocycles. The van der Waals surface area contributed by atoms with E-state index in [-0.39, 0.29) is 12.5 Å². The Labute approximate surface area is 110 Å². The zero-order valence-electron chi connectivity index (χ0n) is 10.3. The van der Waals surface area contributed by atoms with Gasteiger partial charge in [0, 0.05) is 12.6 Å². The summed E-state index contributed by atoms with van der Waals surface area (Å²) in [7, 11) is 0. The Morgan fingerprint density at radius 3 is 3.17 bits per heavy atom. The molecule has 0 saturated carbocycles. The van der Waals surface area contributed by atoms with Crippen LogP contribution in [-0.4, -0.2) is 31.1 Å². The number of amides is 1. The van der Waals surface area contributed by atoms with E-state index in [4.69, 9.17) is 10.5 Å². The standard InChI is InChI=1S/C12H17N3O2S/c1-18-4-2-3-14-9-6-10-11(5-8(9)13)17-7-12(16)15-10/h5-6,14H,2-4,7,13H2,1H3,(H,15,16). The predicted octanol–water partition coefficient (Wildman–Crippen LogP) is 1.76. The van der Waals surface area contributed by atoms with E-state index in [0.29, 0.717) is 17.1 Å². The minimum atomic E-state index is -0.138. The van der Waals surface area contributed by atoms with Crippen LogP contribution in [0.25, 0.3) is 0 Å². The molecule has 0 bridgehead atoms. The van der Waals surface area contributed by atoms with Gasteiger partial charge in [-0.2, -0.15) is 11.8 Å². The number of ether oxygens (including phenoxy) is 1. The van der Waals surface area contributed by atoms with E-state index in [1.54, 1.807) is 6.07 Å². The van der Waals surface area contributed by atoms with Gasteiger partial charge in [-0.3, -0.25) is 4.79 Å². The molecule has 4 N–H and O–H groups in total. The van der Waals surface area contributed by atoms with Crippen LogP contribution in [0.5, 0.6) is 5.75 Å². The lowest BCUT2D eigenvalue weighted by molar-refractivity contribution is -0.118. The van der Waals surface area contributed by atoms with E-state index >= 15 is 0 Å². The van der Waals surface area contributed by atoms with E-state index in [9.17, 15) is 4.79 Å². The molecule has 0 saturated heterocycles. The van der Waals surface area contributed by atoms with Crippen LogP contribution < -0.4 is 21.1 Å². The summed E-state index contributed by atoms with van der Waals surface area (Å²) in [5, 5.41) is 6.03. The minimum Gasteiger partial charge on any atom is -0.482 e. The van der Waals surface area contributed by atoms with Crippen LogP contribution in [0.1, 0.15) is 6.42 Å². The van der Waals surface area contributed by atoms with Crippen LogP contribution in [0.15, 0.2) is 12.1 Å². The number of nitrogens with two attached hydrogens (primary N) is 1. The second kappa shape index (κ2) is 5.86. The number of hydrogen-bond donors (Lipinski definition) is 3. The number of nitrogens with one attached hydrogen (secondary N) is 2. The van der Waals surface area contributed by atoms with Crippen molar-refractivity contribution in [2.24, 2.45) is 0 Å². The molecule has 0 fully saturated rings. The first-order chi connectivity index (χ1) is 8.70. The van der Waals surface area contributed by atoms with E-state index in [1.165, 1.54) is 0 Å². The number of fused-ring (bicyclic) bond motifs is 1. The van der Waals surface area contributed by atoms with E-state index in [1.807, 2.05) is 17.8 Å². The number of benzene rings is 1. The van der Waals surface area contributed by atoms with Crippen molar-refractivity contribution in [2.45, 2.75) is 6.42 Å². The van der Waals surface area contributed by atoms with Gasteiger partial charge < -0.3 is 21.1 Å². The lowest BCUT2D eigenvalue weighted by atomic mass is 10.2. The Bertz CT molecular complexity index is 451. The number of thioether (sulfide) groups is 1. The topological polar surface area (TPSA) is 76.4 Å². The van der Waals surface area contributed by atoms with Gasteiger partial charge in [0.05, 0.1) is 17.1 Å². The largest absolute Gasteiger partial charge is 0.482 e. The summed E-state index contributed by atoms with van der Waals surface area (Å²) >= 11 is 1.82. The molecule has 0 aromatic heterocycles. The number of nitrogen functional groups attached to an aromatic ring is 1. The van der Waals surface area contributed by atoms with Crippen LogP contribution in [0, 0.1) is 0 Å². The molecule has 1 aromatic rings. The molecule has 1 heterocycles. The average Bonchev–Trinajstić information content (AvgIpc) is 2.35. The highest BCUT2D eigenvalue weighted by atomic mass is 32.2. The molecule has 0 unspecified atom stereocenters. The third-order valence-electron chi connectivity index (χ3n) is 2.63. The van der Waals surface area contributed by atoms with Gasteiger partial charge in [0.25, 0.3) is 5.91 Å². The van der Waals surface area contributed by atoms with Crippen molar-refractivity contribution in [3.8, 4) is 5.75 Å². The van der Waals surface area contributed by atoms with Crippen molar-refractivity contribution in [3.63, 3.8) is 0 Å². The number of anilines is 3. The molecule has 0 atom stereocenters. The summed E-state index contributed by atoms with van der Waals surface area (Å²) < 4.78 is 5.29. The first-order valence-electron chi connectivity index (χ1n) is 5.79. The minimum absolute atomic E-state index is 0.0485. The highest BCUT2D eigenvalue weighted by molar-refractivity contribution is 7.98. The predicted molar refractivity (Wildman–Crippen MR) is 76.5 cm³/mol. The van der Waals surface area contributed by atoms with Gasteiger partial charge in [-0.15, -0.1) is 0 Å². The lowest BCUT2D eigenvalue weighted by Gasteiger charge is -2.20. The molecule has 0 radical (unpaired) electrons. The van der Waals surface area contributed by atoms with Crippen molar-refractivity contribution >= 4 is 34.7 Å². The number of carbonyl (C=O) groups excluding carboxylic acids is 1. The summed E-state index contributed by atoms with van der Waals surface area (Å²) in [4.78, 5) is 11.2. The lowest BCUT2D eigenvalue weighted by Crippen LogP contribution is -2.25. The fourth-order valence-corrected chi connectivity index (χ4v) is 2.17. The van der Waals surface area contributed by atoms with Crippen LogP contribution in [0.2, 0.25) is 0 Å². The van der Waals surface area contributed by atoms with Gasteiger partial charge in [-0.25, -0.2) is 0 Å². The highest BCUT2D eigenvalue weighted by Gasteiger charge is 2.17. The van der Waals surface area contributed by atoms with Crippen LogP contribution in [0.4, 0.5) is 17.1 Å². The smallest absolute Gasteiger partial charge is 0.262 e. The molecular weight excluding hydrogens is 250 g/mol. The third kappa shape index (κ3) is 3.01. The molecular formula is C12H17N3O2S. The van der Waals surface area contributed by atoms with Crippen molar-refractivity contribution in [3.05, 3.63) is 12.1 Å². The van der Waals surface area contributed by atoms with E-state index in [2.05, 4.69) is 16.9 Å². The Kier molecular flexibility index (Phi) is 4.19. The van der Waals surface area contributed by atoms with E-state index in [0.717, 1.165) is 24.4 Å². The van der Waals surface area contributed by atoms with Crippen molar-refractivity contribution in [1.82, 2.24) is 0 Å². The molecule has 2 rings (SSSR count). The fourth-order valence-electron chi connectivity index (χ4n) is 1.73. The molecule has 1 aliphatic rings. The normalized spacial score (nSPS) is 13.5. The van der Waals surface area contributed by atoms with Gasteiger partial charge in [0.1, 0.15) is 5.75 Å². The quantitative estimate of drug-likeness (QED) is 0.560. The second-order valence-corrected chi connectivity index (χ2v) is 5.03. The van der Waals surface area contributed by atoms with Crippen LogP contribution >= 0.6 is 11.8 Å². The average molecular weight is 267 g/mol. The molecule has 98 valence electrons. The van der Waals surface area contributed by atoms with Crippen LogP contribution in [-0.2, 0) is 4.79 Å². The molecule has 1 aromatic carbocycles. The highest BCUT2D eigenvalue weighted by Crippen LogP contribution is 2.35. The molecule has 0 aliphatic carbocycles. The summed E-state index contributed by atoms with van der Waals surface area (Å²) in [6, 6.07) is 3.56. The van der Waals surface area contributed by atoms with Gasteiger partial charge in [0.15, 0.2) is 6.61 Å². The van der Waals surface area contributed by atoms with Gasteiger partial charge in [-0.05, 0) is 24.5 Å². The maximum absolute atomic E-state index is 11.2. The summed E-state index contributed by atoms with van der Waals surface area (Å²) in [5.74, 6) is 1.60. The maximum atomic E-state index is 11.2. The van der Waals surface area contributed by atoms with Crippen molar-refractivity contribution in [1.29, 1.82) is 0 Å². The SMILES string of the molecule is CSCCCNc1cc2c(cc1N)OCC(=O)N2. The first kappa shape index (κ1) is 12.9. The second-order valence-electron chi connectivity index (χ2n) is 4.05. The van der Waals surface area contributed by atoms with Crippen molar-refractivity contribution in [2.75, 3.05) is 41.5 Å². The van der Waals surface area contributed by atoms with Gasteiger partial charge in [-0.1, -0.05) is 0 Å². The maximum Gasteiger partial charge on any atom is 0.262 e. The summed E-state index contributed by atoms with van der Waals surface area (Å²) in [6.07, 6.45) is 3.15. The number of rotatable bonds is 5. The summed E-state index contributed by atoms with van der Waals surface area (Å²) in [5.41, 5.74) is 8.07. The molecule has 5 nitrogen and oxygen atoms in total. The number of carbonyl (C=O) groups is 1. The molecule has 1 amide bonds. The Hall–Kier alpha value is -1.56. The monoisotopic (exact) mass is 267 g/mol. The van der Waals surface area contributed by atoms with E-state index < -0.39 is 0 Å². The zero-order chi connectivity index (χ0) is 13.0. The first-order valence-corrected chi connectivity index (χ1v) is 7.19. The summed E-state index contributed by atoms with van der Waals surface area (Å²) in [6.45, 7) is 0.908. The fraction of sp³-hybridized carbons (Fsp3) is 0.417. The number of hydrogen-bond acceptors (Lipinski definition) is 5.